The van der Waals surface area contributed by atoms with Crippen LogP contribution in [0.3, 0.4) is 0 Å². The van der Waals surface area contributed by atoms with Crippen LogP contribution in [0.15, 0.2) is 54.6 Å². The lowest BCUT2D eigenvalue weighted by Crippen LogP contribution is -2.36. The van der Waals surface area contributed by atoms with Crippen LogP contribution in [-0.4, -0.2) is 11.9 Å². The molecule has 0 radical (unpaired) electrons. The molecule has 0 heterocycles. The van der Waals surface area contributed by atoms with E-state index < -0.39 is 0 Å². The summed E-state index contributed by atoms with van der Waals surface area (Å²) in [6, 6.07) is 16.9. The summed E-state index contributed by atoms with van der Waals surface area (Å²) < 4.78 is 5.81. The van der Waals surface area contributed by atoms with Gasteiger partial charge in [0, 0.05) is 6.04 Å². The number of nitrogens with one attached hydrogen (secondary N) is 1. The van der Waals surface area contributed by atoms with E-state index in [1.165, 1.54) is 0 Å². The van der Waals surface area contributed by atoms with Crippen LogP contribution in [0, 0.1) is 5.92 Å². The number of rotatable bonds is 5. The third-order valence-electron chi connectivity index (χ3n) is 3.46. The predicted molar refractivity (Wildman–Crippen MR) is 84.7 cm³/mol. The molecule has 3 heteroatoms. The number of ether oxygens (including phenoxy) is 1. The summed E-state index contributed by atoms with van der Waals surface area (Å²) in [5.74, 6) is 1.56. The second-order valence-electron chi connectivity index (χ2n) is 5.42. The van der Waals surface area contributed by atoms with E-state index in [9.17, 15) is 4.79 Å². The smallest absolute Gasteiger partial charge is 0.255 e. The van der Waals surface area contributed by atoms with Crippen LogP contribution < -0.4 is 10.1 Å². The average Bonchev–Trinajstić information content (AvgIpc) is 2.48. The van der Waals surface area contributed by atoms with E-state index in [2.05, 4.69) is 19.2 Å². The van der Waals surface area contributed by atoms with E-state index in [1.807, 2.05) is 55.5 Å². The molecule has 21 heavy (non-hydrogen) atoms. The van der Waals surface area contributed by atoms with E-state index in [1.54, 1.807) is 6.07 Å². The van der Waals surface area contributed by atoms with Gasteiger partial charge in [-0.25, -0.2) is 0 Å². The molecule has 2 aromatic rings. The zero-order valence-electron chi connectivity index (χ0n) is 12.7. The van der Waals surface area contributed by atoms with Crippen molar-refractivity contribution >= 4 is 5.91 Å². The molecule has 0 bridgehead atoms. The number of hydrogen-bond donors (Lipinski definition) is 1. The van der Waals surface area contributed by atoms with Crippen molar-refractivity contribution in [1.29, 1.82) is 0 Å². The zero-order valence-corrected chi connectivity index (χ0v) is 12.7. The van der Waals surface area contributed by atoms with Crippen LogP contribution in [-0.2, 0) is 0 Å². The van der Waals surface area contributed by atoms with Crippen LogP contribution >= 0.6 is 0 Å². The number of carbonyl (C=O) groups is 1. The minimum atomic E-state index is -0.109. The maximum absolute atomic E-state index is 12.4. The zero-order chi connectivity index (χ0) is 15.2. The largest absolute Gasteiger partial charge is 0.457 e. The van der Waals surface area contributed by atoms with Crippen molar-refractivity contribution in [3.63, 3.8) is 0 Å². The number of benzene rings is 2. The van der Waals surface area contributed by atoms with Gasteiger partial charge in [0.15, 0.2) is 0 Å². The van der Waals surface area contributed by atoms with Crippen LogP contribution in [0.4, 0.5) is 0 Å². The Morgan fingerprint density at radius 1 is 0.952 bits per heavy atom. The molecule has 0 spiro atoms. The van der Waals surface area contributed by atoms with Gasteiger partial charge in [-0.3, -0.25) is 4.79 Å². The minimum absolute atomic E-state index is 0.109. The fraction of sp³-hybridized carbons (Fsp3) is 0.278. The van der Waals surface area contributed by atoms with Gasteiger partial charge >= 0.3 is 0 Å². The number of amides is 1. The summed E-state index contributed by atoms with van der Waals surface area (Å²) in [7, 11) is 0. The molecule has 1 amide bonds. The summed E-state index contributed by atoms with van der Waals surface area (Å²) in [5.41, 5.74) is 0.550. The van der Waals surface area contributed by atoms with Crippen molar-refractivity contribution in [1.82, 2.24) is 5.32 Å². The van der Waals surface area contributed by atoms with Crippen molar-refractivity contribution < 1.29 is 9.53 Å². The van der Waals surface area contributed by atoms with Crippen molar-refractivity contribution in [3.8, 4) is 11.5 Å². The van der Waals surface area contributed by atoms with E-state index in [0.717, 1.165) is 5.75 Å². The van der Waals surface area contributed by atoms with E-state index in [-0.39, 0.29) is 11.9 Å². The molecule has 3 nitrogen and oxygen atoms in total. The number of para-hydroxylation sites is 2. The van der Waals surface area contributed by atoms with Gasteiger partial charge in [-0.05, 0) is 37.1 Å². The molecule has 0 saturated heterocycles. The third kappa shape index (κ3) is 4.09. The van der Waals surface area contributed by atoms with Gasteiger partial charge < -0.3 is 10.1 Å². The molecule has 1 unspecified atom stereocenters. The number of carbonyl (C=O) groups excluding carboxylic acids is 1. The lowest BCUT2D eigenvalue weighted by Gasteiger charge is -2.18. The molecule has 0 aliphatic heterocycles. The van der Waals surface area contributed by atoms with Crippen LogP contribution in [0.1, 0.15) is 31.1 Å². The molecular formula is C18H21NO2. The van der Waals surface area contributed by atoms with Crippen LogP contribution in [0.25, 0.3) is 0 Å². The molecule has 2 aromatic carbocycles. The fourth-order valence-electron chi connectivity index (χ4n) is 1.81. The van der Waals surface area contributed by atoms with Gasteiger partial charge in [-0.15, -0.1) is 0 Å². The third-order valence-corrected chi connectivity index (χ3v) is 3.46. The lowest BCUT2D eigenvalue weighted by molar-refractivity contribution is 0.0928. The first-order valence-electron chi connectivity index (χ1n) is 7.20. The molecule has 110 valence electrons. The van der Waals surface area contributed by atoms with Crippen molar-refractivity contribution in [3.05, 3.63) is 60.2 Å². The summed E-state index contributed by atoms with van der Waals surface area (Å²) in [6.07, 6.45) is 0. The predicted octanol–water partition coefficient (Wildman–Crippen LogP) is 4.25. The highest BCUT2D eigenvalue weighted by Gasteiger charge is 2.16. The maximum Gasteiger partial charge on any atom is 0.255 e. The molecule has 0 fully saturated rings. The fourth-order valence-corrected chi connectivity index (χ4v) is 1.81. The molecule has 1 N–H and O–H groups in total. The van der Waals surface area contributed by atoms with Gasteiger partial charge in [0.2, 0.25) is 0 Å². The summed E-state index contributed by atoms with van der Waals surface area (Å²) >= 11 is 0. The Labute approximate surface area is 126 Å². The highest BCUT2D eigenvalue weighted by Crippen LogP contribution is 2.25. The van der Waals surface area contributed by atoms with Crippen molar-refractivity contribution in [2.45, 2.75) is 26.8 Å². The van der Waals surface area contributed by atoms with Crippen LogP contribution in [0.2, 0.25) is 0 Å². The maximum atomic E-state index is 12.4. The standard InChI is InChI=1S/C18H21NO2/c1-13(2)14(3)19-18(20)16-11-7-8-12-17(16)21-15-9-5-4-6-10-15/h4-14H,1-3H3,(H,19,20). The van der Waals surface area contributed by atoms with E-state index in [0.29, 0.717) is 17.2 Å². The Morgan fingerprint density at radius 2 is 1.57 bits per heavy atom. The highest BCUT2D eigenvalue weighted by atomic mass is 16.5. The van der Waals surface area contributed by atoms with Crippen molar-refractivity contribution in [2.75, 3.05) is 0 Å². The Morgan fingerprint density at radius 3 is 2.24 bits per heavy atom. The molecule has 2 rings (SSSR count). The highest BCUT2D eigenvalue weighted by molar-refractivity contribution is 5.97. The second-order valence-corrected chi connectivity index (χ2v) is 5.42. The summed E-state index contributed by atoms with van der Waals surface area (Å²) in [4.78, 5) is 12.4. The Bertz CT molecular complexity index is 593. The van der Waals surface area contributed by atoms with Crippen molar-refractivity contribution in [2.24, 2.45) is 5.92 Å². The molecule has 0 aromatic heterocycles. The Hall–Kier alpha value is -2.29. The normalized spacial score (nSPS) is 12.0. The van der Waals surface area contributed by atoms with E-state index >= 15 is 0 Å². The van der Waals surface area contributed by atoms with Crippen LogP contribution in [0.5, 0.6) is 11.5 Å². The molecule has 0 aliphatic rings. The Kier molecular flexibility index (Phi) is 4.99. The minimum Gasteiger partial charge on any atom is -0.457 e. The lowest BCUT2D eigenvalue weighted by atomic mass is 10.1. The van der Waals surface area contributed by atoms with Gasteiger partial charge in [-0.2, -0.15) is 0 Å². The monoisotopic (exact) mass is 283 g/mol. The van der Waals surface area contributed by atoms with Gasteiger partial charge in [0.1, 0.15) is 11.5 Å². The summed E-state index contributed by atoms with van der Waals surface area (Å²) in [6.45, 7) is 6.16. The summed E-state index contributed by atoms with van der Waals surface area (Å²) in [5, 5.41) is 3.00. The molecule has 0 aliphatic carbocycles. The first kappa shape index (κ1) is 15.1. The molecule has 1 atom stereocenters. The van der Waals surface area contributed by atoms with Gasteiger partial charge in [-0.1, -0.05) is 44.2 Å². The quantitative estimate of drug-likeness (QED) is 0.890. The number of hydrogen-bond acceptors (Lipinski definition) is 2. The van der Waals surface area contributed by atoms with E-state index in [4.69, 9.17) is 4.74 Å². The molecule has 0 saturated carbocycles. The molecular weight excluding hydrogens is 262 g/mol. The second kappa shape index (κ2) is 6.93. The Balaban J connectivity index is 2.19. The van der Waals surface area contributed by atoms with Gasteiger partial charge in [0.05, 0.1) is 5.56 Å². The SMILES string of the molecule is CC(C)C(C)NC(=O)c1ccccc1Oc1ccccc1. The van der Waals surface area contributed by atoms with Gasteiger partial charge in [0.25, 0.3) is 5.91 Å². The average molecular weight is 283 g/mol. The topological polar surface area (TPSA) is 38.3 Å². The first-order valence-corrected chi connectivity index (χ1v) is 7.20. The first-order chi connectivity index (χ1) is 10.1.